The highest BCUT2D eigenvalue weighted by Crippen LogP contribution is 2.35. The predicted octanol–water partition coefficient (Wildman–Crippen LogP) is 4.18. The molecule has 3 heteroatoms. The average molecular weight is 306 g/mol. The lowest BCUT2D eigenvalue weighted by molar-refractivity contribution is 0.348. The largest absolute Gasteiger partial charge is 0.494 e. The fourth-order valence-electron chi connectivity index (χ4n) is 3.05. The van der Waals surface area contributed by atoms with E-state index in [1.54, 1.807) is 19.5 Å². The summed E-state index contributed by atoms with van der Waals surface area (Å²) in [6.07, 6.45) is 8.58. The Labute approximate surface area is 138 Å². The molecule has 23 heavy (non-hydrogen) atoms. The van der Waals surface area contributed by atoms with Gasteiger partial charge in [0, 0.05) is 5.56 Å². The molecule has 0 atom stereocenters. The number of benzene rings is 1. The van der Waals surface area contributed by atoms with Crippen molar-refractivity contribution in [1.29, 1.82) is 0 Å². The summed E-state index contributed by atoms with van der Waals surface area (Å²) in [5.74, 6) is 8.87. The van der Waals surface area contributed by atoms with Gasteiger partial charge < -0.3 is 4.74 Å². The summed E-state index contributed by atoms with van der Waals surface area (Å²) in [7, 11) is 1.60. The van der Waals surface area contributed by atoms with Crippen LogP contribution in [0.15, 0.2) is 36.7 Å². The molecular weight excluding hydrogens is 284 g/mol. The molecule has 0 radical (unpaired) electrons. The Morgan fingerprint density at radius 3 is 2.22 bits per heavy atom. The molecule has 1 saturated carbocycles. The minimum absolute atomic E-state index is 0.510. The van der Waals surface area contributed by atoms with Gasteiger partial charge in [-0.1, -0.05) is 37.8 Å². The van der Waals surface area contributed by atoms with Gasteiger partial charge >= 0.3 is 0 Å². The topological polar surface area (TPSA) is 35.0 Å². The van der Waals surface area contributed by atoms with Crippen LogP contribution in [0.2, 0.25) is 0 Å². The standard InChI is InChI=1S/C20H22N2O/c1-15-3-8-17(9-4-15)18-10-5-16(6-11-18)7-12-20-21-13-19(23-2)14-22-20/h5-6,10-11,13-15,17H,3-4,8-9H2,1-2H3. The molecule has 1 aliphatic rings. The first-order valence-electron chi connectivity index (χ1n) is 8.22. The highest BCUT2D eigenvalue weighted by atomic mass is 16.5. The lowest BCUT2D eigenvalue weighted by Crippen LogP contribution is -2.10. The molecule has 0 unspecified atom stereocenters. The lowest BCUT2D eigenvalue weighted by atomic mass is 9.79. The highest BCUT2D eigenvalue weighted by molar-refractivity contribution is 5.40. The molecule has 0 saturated heterocycles. The molecule has 0 spiro atoms. The second-order valence-electron chi connectivity index (χ2n) is 6.28. The molecule has 118 valence electrons. The Hall–Kier alpha value is -2.34. The van der Waals surface area contributed by atoms with E-state index in [9.17, 15) is 0 Å². The summed E-state index contributed by atoms with van der Waals surface area (Å²) in [6.45, 7) is 2.36. The van der Waals surface area contributed by atoms with Crippen molar-refractivity contribution in [2.45, 2.75) is 38.5 Å². The van der Waals surface area contributed by atoms with Crippen LogP contribution >= 0.6 is 0 Å². The van der Waals surface area contributed by atoms with Gasteiger partial charge in [-0.3, -0.25) is 0 Å². The van der Waals surface area contributed by atoms with E-state index < -0.39 is 0 Å². The average Bonchev–Trinajstić information content (AvgIpc) is 2.61. The van der Waals surface area contributed by atoms with E-state index in [0.717, 1.165) is 17.4 Å². The third-order valence-corrected chi connectivity index (χ3v) is 4.58. The molecule has 3 nitrogen and oxygen atoms in total. The van der Waals surface area contributed by atoms with Crippen molar-refractivity contribution in [1.82, 2.24) is 9.97 Å². The maximum atomic E-state index is 5.04. The van der Waals surface area contributed by atoms with Gasteiger partial charge in [0.2, 0.25) is 5.82 Å². The van der Waals surface area contributed by atoms with Crippen molar-refractivity contribution in [3.8, 4) is 17.6 Å². The van der Waals surface area contributed by atoms with Crippen LogP contribution in [0.4, 0.5) is 0 Å². The molecule has 1 aromatic heterocycles. The van der Waals surface area contributed by atoms with Crippen molar-refractivity contribution >= 4 is 0 Å². The second-order valence-corrected chi connectivity index (χ2v) is 6.28. The van der Waals surface area contributed by atoms with Crippen LogP contribution in [0.5, 0.6) is 5.75 Å². The maximum Gasteiger partial charge on any atom is 0.205 e. The van der Waals surface area contributed by atoms with Crippen molar-refractivity contribution in [3.63, 3.8) is 0 Å². The van der Waals surface area contributed by atoms with Crippen LogP contribution in [-0.2, 0) is 0 Å². The van der Waals surface area contributed by atoms with E-state index >= 15 is 0 Å². The van der Waals surface area contributed by atoms with Gasteiger partial charge in [-0.25, -0.2) is 9.97 Å². The molecule has 0 amide bonds. The minimum atomic E-state index is 0.510. The fourth-order valence-corrected chi connectivity index (χ4v) is 3.05. The zero-order valence-electron chi connectivity index (χ0n) is 13.7. The zero-order chi connectivity index (χ0) is 16.1. The van der Waals surface area contributed by atoms with Gasteiger partial charge in [0.05, 0.1) is 19.5 Å². The lowest BCUT2D eigenvalue weighted by Gasteiger charge is -2.26. The number of aromatic nitrogens is 2. The number of rotatable bonds is 2. The third kappa shape index (κ3) is 4.10. The predicted molar refractivity (Wildman–Crippen MR) is 91.4 cm³/mol. The summed E-state index contributed by atoms with van der Waals surface area (Å²) in [5.41, 5.74) is 2.44. The molecule has 2 aromatic rings. The molecule has 0 bridgehead atoms. The van der Waals surface area contributed by atoms with Crippen LogP contribution < -0.4 is 4.74 Å². The van der Waals surface area contributed by atoms with Crippen molar-refractivity contribution in [3.05, 3.63) is 53.6 Å². The third-order valence-electron chi connectivity index (χ3n) is 4.58. The van der Waals surface area contributed by atoms with Gasteiger partial charge in [0.25, 0.3) is 0 Å². The molecular formula is C20H22N2O. The number of nitrogens with zero attached hydrogens (tertiary/aromatic N) is 2. The van der Waals surface area contributed by atoms with E-state index in [1.807, 2.05) is 0 Å². The molecule has 1 aromatic carbocycles. The molecule has 0 N–H and O–H groups in total. The van der Waals surface area contributed by atoms with E-state index in [-0.39, 0.29) is 0 Å². The normalized spacial score (nSPS) is 20.4. The van der Waals surface area contributed by atoms with Gasteiger partial charge in [-0.05, 0) is 48.3 Å². The molecule has 1 fully saturated rings. The van der Waals surface area contributed by atoms with Crippen molar-refractivity contribution in [2.75, 3.05) is 7.11 Å². The van der Waals surface area contributed by atoms with Gasteiger partial charge in [0.15, 0.2) is 5.75 Å². The molecule has 3 rings (SSSR count). The van der Waals surface area contributed by atoms with Gasteiger partial charge in [-0.2, -0.15) is 0 Å². The quantitative estimate of drug-likeness (QED) is 0.781. The first-order chi connectivity index (χ1) is 11.2. The van der Waals surface area contributed by atoms with Crippen LogP contribution in [0.25, 0.3) is 0 Å². The molecule has 0 aliphatic heterocycles. The Kier molecular flexibility index (Phi) is 4.92. The zero-order valence-corrected chi connectivity index (χ0v) is 13.7. The first kappa shape index (κ1) is 15.6. The van der Waals surface area contributed by atoms with E-state index in [4.69, 9.17) is 4.74 Å². The first-order valence-corrected chi connectivity index (χ1v) is 8.22. The van der Waals surface area contributed by atoms with E-state index in [2.05, 4.69) is 53.0 Å². The van der Waals surface area contributed by atoms with Crippen molar-refractivity contribution < 1.29 is 4.74 Å². The Balaban J connectivity index is 1.66. The summed E-state index contributed by atoms with van der Waals surface area (Å²) in [6, 6.07) is 8.65. The van der Waals surface area contributed by atoms with Gasteiger partial charge in [0.1, 0.15) is 0 Å². The van der Waals surface area contributed by atoms with Crippen LogP contribution in [0.3, 0.4) is 0 Å². The summed E-state index contributed by atoms with van der Waals surface area (Å²) >= 11 is 0. The number of hydrogen-bond acceptors (Lipinski definition) is 3. The van der Waals surface area contributed by atoms with E-state index in [1.165, 1.54) is 31.2 Å². The SMILES string of the molecule is COc1cnc(C#Cc2ccc(C3CCC(C)CC3)cc2)nc1. The minimum Gasteiger partial charge on any atom is -0.494 e. The second kappa shape index (κ2) is 7.28. The smallest absolute Gasteiger partial charge is 0.205 e. The Morgan fingerprint density at radius 2 is 1.61 bits per heavy atom. The molecule has 1 aliphatic carbocycles. The molecule has 1 heterocycles. The highest BCUT2D eigenvalue weighted by Gasteiger charge is 2.19. The summed E-state index contributed by atoms with van der Waals surface area (Å²) in [5, 5.41) is 0. The summed E-state index contributed by atoms with van der Waals surface area (Å²) < 4.78 is 5.04. The van der Waals surface area contributed by atoms with Crippen LogP contribution in [-0.4, -0.2) is 17.1 Å². The van der Waals surface area contributed by atoms with Crippen LogP contribution in [0, 0.1) is 17.8 Å². The number of ether oxygens (including phenoxy) is 1. The number of methoxy groups -OCH3 is 1. The maximum absolute atomic E-state index is 5.04. The monoisotopic (exact) mass is 306 g/mol. The Bertz CT molecular complexity index is 687. The van der Waals surface area contributed by atoms with Crippen LogP contribution in [0.1, 0.15) is 55.5 Å². The van der Waals surface area contributed by atoms with Crippen molar-refractivity contribution in [2.24, 2.45) is 5.92 Å². The van der Waals surface area contributed by atoms with Gasteiger partial charge in [-0.15, -0.1) is 0 Å². The number of hydrogen-bond donors (Lipinski definition) is 0. The summed E-state index contributed by atoms with van der Waals surface area (Å²) in [4.78, 5) is 8.31. The van der Waals surface area contributed by atoms with E-state index in [0.29, 0.717) is 11.6 Å². The Morgan fingerprint density at radius 1 is 0.957 bits per heavy atom. The fraction of sp³-hybridized carbons (Fsp3) is 0.400.